The molecule has 4 nitrogen and oxygen atoms in total. The number of likely N-dealkylation sites (N-methyl/N-ethyl adjacent to an activating group) is 1. The molecule has 2 aromatic rings. The fourth-order valence-electron chi connectivity index (χ4n) is 3.58. The van der Waals surface area contributed by atoms with Gasteiger partial charge >= 0.3 is 0 Å². The van der Waals surface area contributed by atoms with Crippen LogP contribution in [0.3, 0.4) is 0 Å². The monoisotopic (exact) mass is 428 g/mol. The van der Waals surface area contributed by atoms with Crippen molar-refractivity contribution in [1.82, 2.24) is 4.90 Å². The Morgan fingerprint density at radius 1 is 1.33 bits per heavy atom. The summed E-state index contributed by atoms with van der Waals surface area (Å²) in [6.45, 7) is 9.73. The van der Waals surface area contributed by atoms with Crippen LogP contribution in [0.4, 0.5) is 5.69 Å². The Hall–Kier alpha value is -2.11. The normalized spacial score (nSPS) is 16.5. The van der Waals surface area contributed by atoms with Crippen LogP contribution in [0.2, 0.25) is 0 Å². The van der Waals surface area contributed by atoms with E-state index in [0.717, 1.165) is 34.4 Å². The van der Waals surface area contributed by atoms with Crippen LogP contribution in [0.15, 0.2) is 53.0 Å². The Balaban J connectivity index is 1.83. The summed E-state index contributed by atoms with van der Waals surface area (Å²) in [6, 6.07) is 11.7. The quantitative estimate of drug-likeness (QED) is 0.664. The van der Waals surface area contributed by atoms with Crippen LogP contribution in [0.1, 0.15) is 41.4 Å². The van der Waals surface area contributed by atoms with E-state index < -0.39 is 0 Å². The van der Waals surface area contributed by atoms with Gasteiger partial charge < -0.3 is 10.1 Å². The molecular formula is C22H25BrN2O2. The Morgan fingerprint density at radius 3 is 2.78 bits per heavy atom. The van der Waals surface area contributed by atoms with Gasteiger partial charge in [0.25, 0.3) is 5.91 Å². The summed E-state index contributed by atoms with van der Waals surface area (Å²) in [6.07, 6.45) is 1.01. The van der Waals surface area contributed by atoms with E-state index in [1.54, 1.807) is 18.2 Å². The minimum atomic E-state index is -0.144. The lowest BCUT2D eigenvalue weighted by Gasteiger charge is -2.35. The van der Waals surface area contributed by atoms with Gasteiger partial charge in [-0.15, -0.1) is 0 Å². The second-order valence-corrected chi connectivity index (χ2v) is 7.78. The first kappa shape index (κ1) is 19.6. The number of carbonyl (C=O) groups excluding carboxylic acids is 1. The van der Waals surface area contributed by atoms with Gasteiger partial charge in [0, 0.05) is 17.8 Å². The van der Waals surface area contributed by atoms with Gasteiger partial charge in [0.15, 0.2) is 0 Å². The van der Waals surface area contributed by atoms with E-state index in [-0.39, 0.29) is 11.9 Å². The molecule has 1 aliphatic rings. The highest BCUT2D eigenvalue weighted by atomic mass is 79.9. The molecule has 142 valence electrons. The number of nitrogens with zero attached hydrogens (tertiary/aromatic N) is 1. The van der Waals surface area contributed by atoms with E-state index in [4.69, 9.17) is 4.74 Å². The van der Waals surface area contributed by atoms with Crippen LogP contribution in [0, 0.1) is 0 Å². The van der Waals surface area contributed by atoms with Crippen molar-refractivity contribution < 1.29 is 9.53 Å². The number of carbonyl (C=O) groups is 1. The third-order valence-corrected chi connectivity index (χ3v) is 5.45. The van der Waals surface area contributed by atoms with E-state index in [2.05, 4.69) is 58.8 Å². The number of nitrogens with one attached hydrogen (secondary N) is 1. The van der Waals surface area contributed by atoms with Crippen LogP contribution in [0.25, 0.3) is 0 Å². The maximum atomic E-state index is 12.7. The van der Waals surface area contributed by atoms with Gasteiger partial charge in [-0.25, -0.2) is 0 Å². The third-order valence-electron chi connectivity index (χ3n) is 4.83. The van der Waals surface area contributed by atoms with Gasteiger partial charge in [0.05, 0.1) is 17.1 Å². The molecule has 0 aromatic heterocycles. The average molecular weight is 429 g/mol. The first-order valence-corrected chi connectivity index (χ1v) is 9.92. The highest BCUT2D eigenvalue weighted by molar-refractivity contribution is 9.10. The Morgan fingerprint density at radius 2 is 2.11 bits per heavy atom. The fourth-order valence-corrected chi connectivity index (χ4v) is 4.07. The van der Waals surface area contributed by atoms with E-state index in [1.165, 1.54) is 11.1 Å². The lowest BCUT2D eigenvalue weighted by molar-refractivity contribution is 0.102. The predicted octanol–water partition coefficient (Wildman–Crippen LogP) is 5.21. The van der Waals surface area contributed by atoms with E-state index >= 15 is 0 Å². The molecule has 0 spiro atoms. The summed E-state index contributed by atoms with van der Waals surface area (Å²) < 4.78 is 6.27. The minimum absolute atomic E-state index is 0.144. The molecule has 2 aromatic carbocycles. The van der Waals surface area contributed by atoms with Crippen molar-refractivity contribution in [3.05, 3.63) is 69.7 Å². The number of hydrogen-bond donors (Lipinski definition) is 1. The summed E-state index contributed by atoms with van der Waals surface area (Å²) in [5.74, 6) is 0.588. The number of fused-ring (bicyclic) bond motifs is 1. The summed E-state index contributed by atoms with van der Waals surface area (Å²) in [4.78, 5) is 15.0. The molecule has 27 heavy (non-hydrogen) atoms. The predicted molar refractivity (Wildman–Crippen MR) is 114 cm³/mol. The molecule has 0 fully saturated rings. The third kappa shape index (κ3) is 4.25. The van der Waals surface area contributed by atoms with Gasteiger partial charge in [0.2, 0.25) is 0 Å². The topological polar surface area (TPSA) is 41.6 Å². The number of ether oxygens (including phenoxy) is 1. The van der Waals surface area contributed by atoms with Crippen LogP contribution in [-0.2, 0) is 6.42 Å². The molecule has 1 heterocycles. The van der Waals surface area contributed by atoms with Crippen LogP contribution < -0.4 is 10.1 Å². The number of hydrogen-bond acceptors (Lipinski definition) is 3. The Kier molecular flexibility index (Phi) is 6.02. The number of anilines is 1. The SMILES string of the molecule is C=C(C)C1c2cc(NC(=O)c3ccc(OCC)c(Br)c3)ccc2CCN1C. The molecule has 1 unspecified atom stereocenters. The first-order chi connectivity index (χ1) is 12.9. The second-order valence-electron chi connectivity index (χ2n) is 6.93. The molecular weight excluding hydrogens is 404 g/mol. The smallest absolute Gasteiger partial charge is 0.255 e. The highest BCUT2D eigenvalue weighted by Gasteiger charge is 2.25. The molecule has 5 heteroatoms. The standard InChI is InChI=1S/C22H25BrN2O2/c1-5-27-20-9-7-16(12-19(20)23)22(26)24-17-8-6-15-10-11-25(4)21(14(2)3)18(15)13-17/h6-9,12-13,21H,2,5,10-11H2,1,3-4H3,(H,24,26). The van der Waals surface area contributed by atoms with Gasteiger partial charge in [-0.3, -0.25) is 9.69 Å². The van der Waals surface area contributed by atoms with E-state index in [9.17, 15) is 4.79 Å². The Labute approximate surface area is 169 Å². The summed E-state index contributed by atoms with van der Waals surface area (Å²) >= 11 is 3.46. The second kappa shape index (κ2) is 8.28. The van der Waals surface area contributed by atoms with Gasteiger partial charge in [-0.05, 0) is 84.7 Å². The summed E-state index contributed by atoms with van der Waals surface area (Å²) in [5, 5.41) is 3.01. The number of halogens is 1. The van der Waals surface area contributed by atoms with Crippen molar-refractivity contribution in [1.29, 1.82) is 0 Å². The van der Waals surface area contributed by atoms with Crippen molar-refractivity contribution in [2.45, 2.75) is 26.3 Å². The van der Waals surface area contributed by atoms with Crippen molar-refractivity contribution >= 4 is 27.5 Å². The molecule has 3 rings (SSSR count). The van der Waals surface area contributed by atoms with Crippen LogP contribution in [0.5, 0.6) is 5.75 Å². The maximum Gasteiger partial charge on any atom is 0.255 e. The minimum Gasteiger partial charge on any atom is -0.493 e. The molecule has 0 aliphatic carbocycles. The molecule has 1 amide bonds. The lowest BCUT2D eigenvalue weighted by Crippen LogP contribution is -2.32. The Bertz CT molecular complexity index is 879. The molecule has 0 saturated heterocycles. The van der Waals surface area contributed by atoms with E-state index in [1.807, 2.05) is 13.0 Å². The molecule has 1 atom stereocenters. The van der Waals surface area contributed by atoms with Crippen molar-refractivity contribution in [2.75, 3.05) is 25.5 Å². The molecule has 1 N–H and O–H groups in total. The molecule has 0 bridgehead atoms. The summed E-state index contributed by atoms with van der Waals surface area (Å²) in [7, 11) is 2.12. The fraction of sp³-hybridized carbons (Fsp3) is 0.318. The van der Waals surface area contributed by atoms with Gasteiger partial charge in [0.1, 0.15) is 5.75 Å². The number of rotatable bonds is 5. The largest absolute Gasteiger partial charge is 0.493 e. The zero-order valence-electron chi connectivity index (χ0n) is 16.0. The molecule has 0 radical (unpaired) electrons. The lowest BCUT2D eigenvalue weighted by atomic mass is 9.89. The molecule has 1 aliphatic heterocycles. The van der Waals surface area contributed by atoms with Crippen molar-refractivity contribution in [3.8, 4) is 5.75 Å². The zero-order chi connectivity index (χ0) is 19.6. The average Bonchev–Trinajstić information content (AvgIpc) is 2.62. The van der Waals surface area contributed by atoms with Gasteiger partial charge in [-0.1, -0.05) is 18.2 Å². The zero-order valence-corrected chi connectivity index (χ0v) is 17.6. The summed E-state index contributed by atoms with van der Waals surface area (Å²) in [5.41, 5.74) is 5.03. The van der Waals surface area contributed by atoms with Crippen LogP contribution >= 0.6 is 15.9 Å². The maximum absolute atomic E-state index is 12.7. The van der Waals surface area contributed by atoms with Crippen molar-refractivity contribution in [2.24, 2.45) is 0 Å². The van der Waals surface area contributed by atoms with Gasteiger partial charge in [-0.2, -0.15) is 0 Å². The first-order valence-electron chi connectivity index (χ1n) is 9.13. The van der Waals surface area contributed by atoms with Crippen molar-refractivity contribution in [3.63, 3.8) is 0 Å². The number of benzene rings is 2. The number of amides is 1. The van der Waals surface area contributed by atoms with E-state index in [0.29, 0.717) is 12.2 Å². The highest BCUT2D eigenvalue weighted by Crippen LogP contribution is 2.35. The van der Waals surface area contributed by atoms with Crippen LogP contribution in [-0.4, -0.2) is 31.0 Å². The molecule has 0 saturated carbocycles.